The molecule has 0 bridgehead atoms. The van der Waals surface area contributed by atoms with E-state index in [-0.39, 0.29) is 5.91 Å². The molecule has 2 aliphatic rings. The number of hydrogen-bond acceptors (Lipinski definition) is 6. The van der Waals surface area contributed by atoms with Crippen molar-refractivity contribution in [3.8, 4) is 0 Å². The predicted octanol–water partition coefficient (Wildman–Crippen LogP) is 2.54. The van der Waals surface area contributed by atoms with Crippen LogP contribution in [0, 0.1) is 10.1 Å². The Bertz CT molecular complexity index is 1270. The number of benzene rings is 2. The van der Waals surface area contributed by atoms with Crippen LogP contribution in [0.25, 0.3) is 0 Å². The van der Waals surface area contributed by atoms with Gasteiger partial charge in [-0.25, -0.2) is 4.79 Å². The number of likely N-dealkylation sites (N-methyl/N-ethyl adjacent to an activating group) is 2. The third-order valence-electron chi connectivity index (χ3n) is 5.27. The molecule has 0 aromatic heterocycles. The van der Waals surface area contributed by atoms with Crippen LogP contribution in [0.4, 0.5) is 5.69 Å². The van der Waals surface area contributed by atoms with Crippen molar-refractivity contribution in [2.75, 3.05) is 19.4 Å². The van der Waals surface area contributed by atoms with Crippen LogP contribution in [-0.4, -0.2) is 58.0 Å². The molecule has 166 valence electrons. The van der Waals surface area contributed by atoms with Crippen LogP contribution in [0.15, 0.2) is 82.2 Å². The number of carbonyl (C=O) groups is 3. The van der Waals surface area contributed by atoms with Crippen LogP contribution in [0.3, 0.4) is 0 Å². The first kappa shape index (κ1) is 22.2. The molecule has 33 heavy (non-hydrogen) atoms. The zero-order valence-electron chi connectivity index (χ0n) is 17.7. The van der Waals surface area contributed by atoms with Crippen molar-refractivity contribution in [3.05, 3.63) is 93.0 Å². The van der Waals surface area contributed by atoms with E-state index in [1.165, 1.54) is 36.5 Å². The molecule has 2 aromatic carbocycles. The number of nitro groups is 1. The maximum atomic E-state index is 12.3. The quantitative estimate of drug-likeness (QED) is 0.316. The zero-order valence-corrected chi connectivity index (χ0v) is 18.5. The fourth-order valence-corrected chi connectivity index (χ4v) is 4.45. The second-order valence-electron chi connectivity index (χ2n) is 7.39. The van der Waals surface area contributed by atoms with Gasteiger partial charge in [0.25, 0.3) is 11.9 Å². The molecule has 10 heteroatoms. The van der Waals surface area contributed by atoms with Gasteiger partial charge in [-0.1, -0.05) is 30.0 Å². The van der Waals surface area contributed by atoms with E-state index in [4.69, 9.17) is 0 Å². The fourth-order valence-electron chi connectivity index (χ4n) is 3.46. The molecule has 0 radical (unpaired) electrons. The number of anilines is 1. The Hall–Kier alpha value is -4.05. The molecule has 0 saturated heterocycles. The lowest BCUT2D eigenvalue weighted by Crippen LogP contribution is -2.49. The molecule has 0 fully saturated rings. The lowest BCUT2D eigenvalue weighted by atomic mass is 10.0. The normalized spacial score (nSPS) is 17.9. The number of carbonyl (C=O) groups excluding carboxylic acids is 3. The van der Waals surface area contributed by atoms with E-state index < -0.39 is 22.8 Å². The molecule has 1 unspecified atom stereocenters. The number of nitrogens with zero attached hydrogens (tertiary/aromatic N) is 3. The Balaban J connectivity index is 1.57. The number of allylic oxidation sites excluding steroid dienone is 1. The second-order valence-corrected chi connectivity index (χ2v) is 8.54. The summed E-state index contributed by atoms with van der Waals surface area (Å²) in [6, 6.07) is 14.6. The molecule has 1 aliphatic heterocycles. The molecule has 1 heterocycles. The van der Waals surface area contributed by atoms with Gasteiger partial charge in [-0.2, -0.15) is 4.58 Å². The largest absolute Gasteiger partial charge is 0.477 e. The average Bonchev–Trinajstić information content (AvgIpc) is 2.82. The highest BCUT2D eigenvalue weighted by Gasteiger charge is 2.44. The summed E-state index contributed by atoms with van der Waals surface area (Å²) in [7, 11) is 2.89. The standard InChI is InChI=1S/C23H18N4O5S/c1-25-17-12-19(27(31)32)20(13-18(17)26(2)23(30)22(25)29)33-16-10-8-15(9-11-16)24-21(28)14-6-4-3-5-7-14/h3-13,19H,1-2H3/p+1. The highest BCUT2D eigenvalue weighted by molar-refractivity contribution is 8.03. The van der Waals surface area contributed by atoms with Crippen molar-refractivity contribution in [2.45, 2.75) is 10.9 Å². The second kappa shape index (κ2) is 8.83. The SMILES string of the molecule is CN1C(=O)C(=O)[N+](C)=C2C=C(Sc3ccc(NC(=O)c4ccccc4)cc3)C([N+](=O)[O-])C=C21. The van der Waals surface area contributed by atoms with Gasteiger partial charge in [-0.05, 0) is 36.4 Å². The fraction of sp³-hybridized carbons (Fsp3) is 0.130. The summed E-state index contributed by atoms with van der Waals surface area (Å²) < 4.78 is 1.20. The molecule has 2 aromatic rings. The number of fused-ring (bicyclic) bond motifs is 1. The van der Waals surface area contributed by atoms with Crippen molar-refractivity contribution < 1.29 is 23.9 Å². The third-order valence-corrected chi connectivity index (χ3v) is 6.38. The van der Waals surface area contributed by atoms with E-state index in [0.29, 0.717) is 27.6 Å². The maximum absolute atomic E-state index is 12.3. The zero-order chi connectivity index (χ0) is 23.7. The molecule has 9 nitrogen and oxygen atoms in total. The van der Waals surface area contributed by atoms with Gasteiger partial charge in [-0.15, -0.1) is 0 Å². The summed E-state index contributed by atoms with van der Waals surface area (Å²) in [5.41, 5.74) is 1.87. The molecular formula is C23H19N4O5S+. The molecule has 1 aliphatic carbocycles. The van der Waals surface area contributed by atoms with Gasteiger partial charge in [0.1, 0.15) is 12.7 Å². The Morgan fingerprint density at radius 1 is 1.12 bits per heavy atom. The van der Waals surface area contributed by atoms with Crippen molar-refractivity contribution >= 4 is 40.9 Å². The van der Waals surface area contributed by atoms with E-state index >= 15 is 0 Å². The monoisotopic (exact) mass is 463 g/mol. The number of nitrogens with one attached hydrogen (secondary N) is 1. The van der Waals surface area contributed by atoms with Gasteiger partial charge in [0.05, 0.1) is 4.91 Å². The van der Waals surface area contributed by atoms with Crippen LogP contribution in [-0.2, 0) is 9.59 Å². The van der Waals surface area contributed by atoms with Gasteiger partial charge in [-0.3, -0.25) is 24.6 Å². The van der Waals surface area contributed by atoms with Gasteiger partial charge in [0.2, 0.25) is 5.71 Å². The highest BCUT2D eigenvalue weighted by Crippen LogP contribution is 2.35. The van der Waals surface area contributed by atoms with E-state index in [1.807, 2.05) is 6.07 Å². The Morgan fingerprint density at radius 2 is 1.79 bits per heavy atom. The molecule has 0 saturated carbocycles. The summed E-state index contributed by atoms with van der Waals surface area (Å²) in [6.07, 6.45) is 2.95. The van der Waals surface area contributed by atoms with Crippen molar-refractivity contribution in [2.24, 2.45) is 0 Å². The van der Waals surface area contributed by atoms with Crippen LogP contribution in [0.1, 0.15) is 10.4 Å². The van der Waals surface area contributed by atoms with Gasteiger partial charge in [0.15, 0.2) is 0 Å². The van der Waals surface area contributed by atoms with Gasteiger partial charge < -0.3 is 5.32 Å². The van der Waals surface area contributed by atoms with E-state index in [2.05, 4.69) is 5.32 Å². The number of hydrogen-bond donors (Lipinski definition) is 1. The van der Waals surface area contributed by atoms with Crippen LogP contribution < -0.4 is 5.32 Å². The number of amides is 3. The Kier molecular flexibility index (Phi) is 5.93. The highest BCUT2D eigenvalue weighted by atomic mass is 32.2. The molecular weight excluding hydrogens is 444 g/mol. The average molecular weight is 463 g/mol. The molecule has 1 N–H and O–H groups in total. The van der Waals surface area contributed by atoms with Crippen LogP contribution >= 0.6 is 11.8 Å². The maximum Gasteiger partial charge on any atom is 0.477 e. The lowest BCUT2D eigenvalue weighted by Gasteiger charge is -2.25. The summed E-state index contributed by atoms with van der Waals surface area (Å²) in [4.78, 5) is 50.1. The first-order valence-electron chi connectivity index (χ1n) is 9.90. The summed E-state index contributed by atoms with van der Waals surface area (Å²) in [6.45, 7) is 0. The van der Waals surface area contributed by atoms with Crippen LogP contribution in [0.2, 0.25) is 0 Å². The molecule has 4 rings (SSSR count). The smallest absolute Gasteiger partial charge is 0.322 e. The Morgan fingerprint density at radius 3 is 2.42 bits per heavy atom. The molecule has 3 amide bonds. The van der Waals surface area contributed by atoms with Crippen molar-refractivity contribution in [1.82, 2.24) is 4.90 Å². The molecule has 1 atom stereocenters. The predicted molar refractivity (Wildman–Crippen MR) is 123 cm³/mol. The van der Waals surface area contributed by atoms with Gasteiger partial charge >= 0.3 is 11.8 Å². The lowest BCUT2D eigenvalue weighted by molar-refractivity contribution is -0.498. The summed E-state index contributed by atoms with van der Waals surface area (Å²) in [5, 5.41) is 14.5. The molecule has 0 spiro atoms. The minimum absolute atomic E-state index is 0.239. The minimum Gasteiger partial charge on any atom is -0.322 e. The van der Waals surface area contributed by atoms with E-state index in [1.54, 1.807) is 54.6 Å². The summed E-state index contributed by atoms with van der Waals surface area (Å²) >= 11 is 1.19. The van der Waals surface area contributed by atoms with E-state index in [0.717, 1.165) is 9.80 Å². The van der Waals surface area contributed by atoms with Gasteiger partial charge in [0, 0.05) is 40.3 Å². The first-order chi connectivity index (χ1) is 15.8. The number of thioether (sulfide) groups is 1. The van der Waals surface area contributed by atoms with E-state index in [9.17, 15) is 24.5 Å². The first-order valence-corrected chi connectivity index (χ1v) is 10.7. The topological polar surface area (TPSA) is 113 Å². The third kappa shape index (κ3) is 4.33. The van der Waals surface area contributed by atoms with Crippen molar-refractivity contribution in [3.63, 3.8) is 0 Å². The summed E-state index contributed by atoms with van der Waals surface area (Å²) in [5.74, 6) is -1.69. The Labute approximate surface area is 193 Å². The minimum atomic E-state index is -1.16. The number of rotatable bonds is 5. The van der Waals surface area contributed by atoms with Crippen molar-refractivity contribution in [1.29, 1.82) is 0 Å². The van der Waals surface area contributed by atoms with Crippen LogP contribution in [0.5, 0.6) is 0 Å².